The molecule has 2 atom stereocenters. The Morgan fingerprint density at radius 3 is 2.48 bits per heavy atom. The lowest BCUT2D eigenvalue weighted by Crippen LogP contribution is -2.48. The smallest absolute Gasteiger partial charge is 0.244 e. The number of hydrogen-bond acceptors (Lipinski definition) is 4. The molecule has 0 saturated carbocycles. The zero-order valence-corrected chi connectivity index (χ0v) is 13.8. The molecule has 0 aromatic carbocycles. The van der Waals surface area contributed by atoms with E-state index in [0.29, 0.717) is 24.5 Å². The molecule has 1 aromatic rings. The quantitative estimate of drug-likeness (QED) is 0.884. The van der Waals surface area contributed by atoms with Crippen LogP contribution in [0.3, 0.4) is 0 Å². The van der Waals surface area contributed by atoms with Crippen molar-refractivity contribution >= 4 is 10.0 Å². The van der Waals surface area contributed by atoms with Crippen molar-refractivity contribution in [1.82, 2.24) is 8.87 Å². The zero-order valence-electron chi connectivity index (χ0n) is 12.9. The normalized spacial score (nSPS) is 24.4. The topological polar surface area (TPSA) is 77.6 Å². The Hall–Kier alpha value is -0.890. The van der Waals surface area contributed by atoms with E-state index in [1.165, 1.54) is 4.31 Å². The van der Waals surface area contributed by atoms with Crippen molar-refractivity contribution in [2.45, 2.75) is 57.4 Å². The average molecular weight is 315 g/mol. The Balaban J connectivity index is 2.30. The molecule has 7 heteroatoms. The zero-order chi connectivity index (χ0) is 15.6. The fourth-order valence-electron chi connectivity index (χ4n) is 2.76. The summed E-state index contributed by atoms with van der Waals surface area (Å²) in [6.07, 6.45) is 2.46. The van der Waals surface area contributed by atoms with Crippen molar-refractivity contribution in [2.24, 2.45) is 5.73 Å². The molecule has 1 saturated heterocycles. The number of nitrogens with two attached hydrogens (primary N) is 1. The van der Waals surface area contributed by atoms with Crippen molar-refractivity contribution < 1.29 is 13.2 Å². The van der Waals surface area contributed by atoms with E-state index in [0.717, 1.165) is 18.7 Å². The van der Waals surface area contributed by atoms with Gasteiger partial charge in [-0.3, -0.25) is 0 Å². The van der Waals surface area contributed by atoms with Gasteiger partial charge in [0.1, 0.15) is 4.90 Å². The van der Waals surface area contributed by atoms with Gasteiger partial charge in [-0.1, -0.05) is 6.92 Å². The Morgan fingerprint density at radius 1 is 1.33 bits per heavy atom. The fourth-order valence-corrected chi connectivity index (χ4v) is 4.42. The first-order valence-electron chi connectivity index (χ1n) is 7.43. The molecule has 2 N–H and O–H groups in total. The standard InChI is InChI=1S/C14H25N3O3S/c1-4-5-16-10-14(6-13(16)7-15)21(18,19)17-8-11(2)20-12(3)9-17/h6,10-12H,4-5,7-9,15H2,1-3H3/t11-,12+. The molecule has 0 spiro atoms. The van der Waals surface area contributed by atoms with Crippen LogP contribution in [0, 0.1) is 0 Å². The first kappa shape index (κ1) is 16.5. The summed E-state index contributed by atoms with van der Waals surface area (Å²) in [6, 6.07) is 1.69. The summed E-state index contributed by atoms with van der Waals surface area (Å²) in [5.41, 5.74) is 6.56. The van der Waals surface area contributed by atoms with E-state index in [1.807, 2.05) is 18.4 Å². The van der Waals surface area contributed by atoms with Crippen LogP contribution in [0.15, 0.2) is 17.2 Å². The van der Waals surface area contributed by atoms with E-state index in [9.17, 15) is 8.42 Å². The van der Waals surface area contributed by atoms with Gasteiger partial charge in [-0.05, 0) is 26.3 Å². The van der Waals surface area contributed by atoms with Crippen molar-refractivity contribution in [3.05, 3.63) is 18.0 Å². The number of aromatic nitrogens is 1. The lowest BCUT2D eigenvalue weighted by Gasteiger charge is -2.34. The number of nitrogens with zero attached hydrogens (tertiary/aromatic N) is 2. The molecule has 6 nitrogen and oxygen atoms in total. The molecule has 2 heterocycles. The molecule has 0 aliphatic carbocycles. The maximum atomic E-state index is 12.8. The predicted molar refractivity (Wildman–Crippen MR) is 81.4 cm³/mol. The van der Waals surface area contributed by atoms with E-state index in [2.05, 4.69) is 6.92 Å². The Kier molecular flexibility index (Phi) is 5.08. The second kappa shape index (κ2) is 6.48. The molecule has 1 aromatic heterocycles. The van der Waals surface area contributed by atoms with Crippen LogP contribution in [0.1, 0.15) is 32.9 Å². The number of rotatable bonds is 5. The minimum Gasteiger partial charge on any atom is -0.373 e. The van der Waals surface area contributed by atoms with Crippen molar-refractivity contribution in [2.75, 3.05) is 13.1 Å². The van der Waals surface area contributed by atoms with Crippen LogP contribution in [0.2, 0.25) is 0 Å². The molecule has 2 rings (SSSR count). The van der Waals surface area contributed by atoms with Crippen molar-refractivity contribution in [1.29, 1.82) is 0 Å². The maximum absolute atomic E-state index is 12.8. The summed E-state index contributed by atoms with van der Waals surface area (Å²) in [5, 5.41) is 0. The van der Waals surface area contributed by atoms with Gasteiger partial charge in [-0.2, -0.15) is 4.31 Å². The first-order valence-corrected chi connectivity index (χ1v) is 8.87. The maximum Gasteiger partial charge on any atom is 0.244 e. The highest BCUT2D eigenvalue weighted by Crippen LogP contribution is 2.23. The Morgan fingerprint density at radius 2 is 1.95 bits per heavy atom. The van der Waals surface area contributed by atoms with E-state index in [1.54, 1.807) is 12.3 Å². The highest BCUT2D eigenvalue weighted by Gasteiger charge is 2.33. The molecule has 0 unspecified atom stereocenters. The average Bonchev–Trinajstić information content (AvgIpc) is 2.82. The fraction of sp³-hybridized carbons (Fsp3) is 0.714. The van der Waals surface area contributed by atoms with Crippen LogP contribution in [0.4, 0.5) is 0 Å². The van der Waals surface area contributed by atoms with Gasteiger partial charge in [0.25, 0.3) is 0 Å². The van der Waals surface area contributed by atoms with Crippen LogP contribution in [-0.4, -0.2) is 42.6 Å². The second-order valence-corrected chi connectivity index (χ2v) is 7.58. The van der Waals surface area contributed by atoms with Gasteiger partial charge in [0.05, 0.1) is 12.2 Å². The van der Waals surface area contributed by atoms with Crippen LogP contribution < -0.4 is 5.73 Å². The number of sulfonamides is 1. The van der Waals surface area contributed by atoms with E-state index in [4.69, 9.17) is 10.5 Å². The third-order valence-electron chi connectivity index (χ3n) is 3.66. The minimum absolute atomic E-state index is 0.0877. The molecule has 1 aliphatic rings. The lowest BCUT2D eigenvalue weighted by atomic mass is 10.3. The van der Waals surface area contributed by atoms with Gasteiger partial charge in [0.2, 0.25) is 10.0 Å². The van der Waals surface area contributed by atoms with E-state index in [-0.39, 0.29) is 12.2 Å². The summed E-state index contributed by atoms with van der Waals surface area (Å²) in [5.74, 6) is 0. The summed E-state index contributed by atoms with van der Waals surface area (Å²) in [6.45, 7) is 7.74. The molecule has 0 bridgehead atoms. The molecule has 1 fully saturated rings. The number of aryl methyl sites for hydroxylation is 1. The van der Waals surface area contributed by atoms with Gasteiger partial charge in [0.15, 0.2) is 0 Å². The highest BCUT2D eigenvalue weighted by atomic mass is 32.2. The van der Waals surface area contributed by atoms with Gasteiger partial charge < -0.3 is 15.0 Å². The first-order chi connectivity index (χ1) is 9.88. The molecule has 1 aliphatic heterocycles. The third-order valence-corrected chi connectivity index (χ3v) is 5.46. The summed E-state index contributed by atoms with van der Waals surface area (Å²) in [4.78, 5) is 0.331. The number of hydrogen-bond donors (Lipinski definition) is 1. The second-order valence-electron chi connectivity index (χ2n) is 5.64. The van der Waals surface area contributed by atoms with Crippen molar-refractivity contribution in [3.63, 3.8) is 0 Å². The lowest BCUT2D eigenvalue weighted by molar-refractivity contribution is -0.0440. The van der Waals surface area contributed by atoms with Crippen LogP contribution in [0.5, 0.6) is 0 Å². The Bertz CT molecular complexity index is 572. The number of ether oxygens (including phenoxy) is 1. The molecular formula is C14H25N3O3S. The molecule has 120 valence electrons. The largest absolute Gasteiger partial charge is 0.373 e. The van der Waals surface area contributed by atoms with E-state index < -0.39 is 10.0 Å². The summed E-state index contributed by atoms with van der Waals surface area (Å²) < 4.78 is 34.6. The predicted octanol–water partition coefficient (Wildman–Crippen LogP) is 1.15. The van der Waals surface area contributed by atoms with Crippen LogP contribution >= 0.6 is 0 Å². The summed E-state index contributed by atoms with van der Waals surface area (Å²) in [7, 11) is -3.48. The van der Waals surface area contributed by atoms with Gasteiger partial charge in [0, 0.05) is 38.1 Å². The highest BCUT2D eigenvalue weighted by molar-refractivity contribution is 7.89. The SMILES string of the molecule is CCCn1cc(S(=O)(=O)N2C[C@@H](C)O[C@@H](C)C2)cc1CN. The van der Waals surface area contributed by atoms with Gasteiger partial charge in [-0.15, -0.1) is 0 Å². The van der Waals surface area contributed by atoms with Gasteiger partial charge >= 0.3 is 0 Å². The summed E-state index contributed by atoms with van der Waals surface area (Å²) >= 11 is 0. The Labute approximate surface area is 126 Å². The molecule has 0 radical (unpaired) electrons. The molecular weight excluding hydrogens is 290 g/mol. The molecule has 0 amide bonds. The minimum atomic E-state index is -3.48. The van der Waals surface area contributed by atoms with Crippen LogP contribution in [-0.2, 0) is 27.8 Å². The number of morpholine rings is 1. The van der Waals surface area contributed by atoms with Crippen molar-refractivity contribution in [3.8, 4) is 0 Å². The third kappa shape index (κ3) is 3.48. The van der Waals surface area contributed by atoms with Gasteiger partial charge in [-0.25, -0.2) is 8.42 Å². The van der Waals surface area contributed by atoms with E-state index >= 15 is 0 Å². The van der Waals surface area contributed by atoms with Crippen LogP contribution in [0.25, 0.3) is 0 Å². The molecule has 21 heavy (non-hydrogen) atoms. The monoisotopic (exact) mass is 315 g/mol.